The molecular weight excluding hydrogens is 184 g/mol. The van der Waals surface area contributed by atoms with Crippen LogP contribution in [-0.4, -0.2) is 10.2 Å². The van der Waals surface area contributed by atoms with Crippen molar-refractivity contribution in [1.82, 2.24) is 10.2 Å². The molecule has 0 fully saturated rings. The van der Waals surface area contributed by atoms with Crippen LogP contribution in [0.15, 0.2) is 36.5 Å². The van der Waals surface area contributed by atoms with Crippen molar-refractivity contribution in [3.05, 3.63) is 53.3 Å². The first-order chi connectivity index (χ1) is 7.40. The Morgan fingerprint density at radius 3 is 2.67 bits per heavy atom. The molecule has 1 N–H and O–H groups in total. The molecule has 1 heterocycles. The van der Waals surface area contributed by atoms with Gasteiger partial charge < -0.3 is 0 Å². The van der Waals surface area contributed by atoms with Crippen LogP contribution in [0.25, 0.3) is 0 Å². The van der Waals surface area contributed by atoms with Crippen LogP contribution in [0, 0.1) is 0 Å². The lowest BCUT2D eigenvalue weighted by Gasteiger charge is -2.01. The Morgan fingerprint density at radius 1 is 1.13 bits per heavy atom. The van der Waals surface area contributed by atoms with Gasteiger partial charge in [-0.15, -0.1) is 0 Å². The molecule has 2 heteroatoms. The summed E-state index contributed by atoms with van der Waals surface area (Å²) in [6.07, 6.45) is 5.14. The lowest BCUT2D eigenvalue weighted by Crippen LogP contribution is -1.93. The summed E-state index contributed by atoms with van der Waals surface area (Å²) in [5.74, 6) is 0. The van der Waals surface area contributed by atoms with Crippen LogP contribution in [0.2, 0.25) is 0 Å². The van der Waals surface area contributed by atoms with Gasteiger partial charge in [-0.05, 0) is 30.4 Å². The summed E-state index contributed by atoms with van der Waals surface area (Å²) < 4.78 is 0. The molecule has 1 aromatic carbocycles. The van der Waals surface area contributed by atoms with Gasteiger partial charge >= 0.3 is 0 Å². The third-order valence-electron chi connectivity index (χ3n) is 2.69. The molecule has 0 aliphatic carbocycles. The number of aryl methyl sites for hydroxylation is 3. The van der Waals surface area contributed by atoms with Crippen molar-refractivity contribution >= 4 is 0 Å². The molecule has 2 rings (SSSR count). The maximum absolute atomic E-state index is 4.08. The lowest BCUT2D eigenvalue weighted by molar-refractivity contribution is 0.915. The molecule has 0 aliphatic rings. The van der Waals surface area contributed by atoms with E-state index >= 15 is 0 Å². The van der Waals surface area contributed by atoms with Crippen LogP contribution in [0.1, 0.15) is 23.7 Å². The number of aromatic amines is 1. The number of benzene rings is 1. The van der Waals surface area contributed by atoms with Crippen LogP contribution < -0.4 is 0 Å². The predicted molar refractivity (Wildman–Crippen MR) is 61.8 cm³/mol. The van der Waals surface area contributed by atoms with Crippen molar-refractivity contribution in [1.29, 1.82) is 0 Å². The first-order valence-corrected chi connectivity index (χ1v) is 5.45. The first-order valence-electron chi connectivity index (χ1n) is 5.45. The molecule has 0 saturated heterocycles. The molecule has 0 aliphatic heterocycles. The van der Waals surface area contributed by atoms with E-state index in [-0.39, 0.29) is 0 Å². The molecule has 0 atom stereocenters. The van der Waals surface area contributed by atoms with Gasteiger partial charge in [0.25, 0.3) is 0 Å². The van der Waals surface area contributed by atoms with Gasteiger partial charge in [0.1, 0.15) is 0 Å². The second-order valence-electron chi connectivity index (χ2n) is 3.71. The molecule has 0 radical (unpaired) electrons. The Balaban J connectivity index is 1.99. The topological polar surface area (TPSA) is 28.7 Å². The molecule has 0 saturated carbocycles. The quantitative estimate of drug-likeness (QED) is 0.807. The van der Waals surface area contributed by atoms with Gasteiger partial charge in [0.05, 0.1) is 6.20 Å². The highest BCUT2D eigenvalue weighted by Crippen LogP contribution is 2.10. The fraction of sp³-hybridized carbons (Fsp3) is 0.308. The van der Waals surface area contributed by atoms with E-state index in [1.165, 1.54) is 16.8 Å². The average molecular weight is 200 g/mol. The summed E-state index contributed by atoms with van der Waals surface area (Å²) >= 11 is 0. The summed E-state index contributed by atoms with van der Waals surface area (Å²) in [5, 5.41) is 7.12. The van der Waals surface area contributed by atoms with Crippen LogP contribution in [0.4, 0.5) is 0 Å². The van der Waals surface area contributed by atoms with E-state index in [1.54, 1.807) is 0 Å². The van der Waals surface area contributed by atoms with Crippen LogP contribution in [0.5, 0.6) is 0 Å². The van der Waals surface area contributed by atoms with E-state index in [2.05, 4.69) is 47.5 Å². The van der Waals surface area contributed by atoms with Crippen molar-refractivity contribution < 1.29 is 0 Å². The van der Waals surface area contributed by atoms with Crippen molar-refractivity contribution in [2.45, 2.75) is 26.2 Å². The fourth-order valence-electron chi connectivity index (χ4n) is 1.78. The summed E-state index contributed by atoms with van der Waals surface area (Å²) in [5.41, 5.74) is 4.01. The molecule has 0 bridgehead atoms. The lowest BCUT2D eigenvalue weighted by atomic mass is 10.0. The maximum atomic E-state index is 4.08. The van der Waals surface area contributed by atoms with E-state index in [0.717, 1.165) is 19.3 Å². The van der Waals surface area contributed by atoms with Gasteiger partial charge in [-0.3, -0.25) is 5.10 Å². The minimum Gasteiger partial charge on any atom is -0.282 e. The third-order valence-corrected chi connectivity index (χ3v) is 2.69. The van der Waals surface area contributed by atoms with Crippen molar-refractivity contribution in [2.75, 3.05) is 0 Å². The number of hydrogen-bond donors (Lipinski definition) is 1. The smallest absolute Gasteiger partial charge is 0.0522 e. The van der Waals surface area contributed by atoms with Gasteiger partial charge in [-0.1, -0.05) is 37.3 Å². The molecular formula is C13H16N2. The summed E-state index contributed by atoms with van der Waals surface area (Å²) in [4.78, 5) is 0. The van der Waals surface area contributed by atoms with Crippen LogP contribution in [-0.2, 0) is 19.3 Å². The fourth-order valence-corrected chi connectivity index (χ4v) is 1.78. The number of rotatable bonds is 4. The third kappa shape index (κ3) is 2.46. The first kappa shape index (κ1) is 9.97. The zero-order valence-corrected chi connectivity index (χ0v) is 9.03. The summed E-state index contributed by atoms with van der Waals surface area (Å²) in [6.45, 7) is 2.15. The highest BCUT2D eigenvalue weighted by Gasteiger charge is 2.02. The molecule has 0 amide bonds. The molecule has 1 aromatic heterocycles. The Hall–Kier alpha value is -1.57. The Kier molecular flexibility index (Phi) is 3.18. The molecule has 78 valence electrons. The van der Waals surface area contributed by atoms with E-state index in [1.807, 2.05) is 6.20 Å². The van der Waals surface area contributed by atoms with Crippen LogP contribution >= 0.6 is 0 Å². The van der Waals surface area contributed by atoms with Gasteiger partial charge in [0.15, 0.2) is 0 Å². The van der Waals surface area contributed by atoms with Gasteiger partial charge in [0.2, 0.25) is 0 Å². The second-order valence-corrected chi connectivity index (χ2v) is 3.71. The molecule has 2 nitrogen and oxygen atoms in total. The zero-order valence-electron chi connectivity index (χ0n) is 9.03. The number of nitrogens with one attached hydrogen (secondary N) is 1. The van der Waals surface area contributed by atoms with Crippen molar-refractivity contribution in [2.24, 2.45) is 0 Å². The minimum atomic E-state index is 1.03. The van der Waals surface area contributed by atoms with Gasteiger partial charge in [0, 0.05) is 5.69 Å². The van der Waals surface area contributed by atoms with Gasteiger partial charge in [-0.25, -0.2) is 0 Å². The SMILES string of the molecule is CCc1[nH]ncc1CCc1ccccc1. The van der Waals surface area contributed by atoms with E-state index in [0.29, 0.717) is 0 Å². The highest BCUT2D eigenvalue weighted by atomic mass is 15.1. The number of nitrogens with zero attached hydrogens (tertiary/aromatic N) is 1. The van der Waals surface area contributed by atoms with E-state index < -0.39 is 0 Å². The Bertz CT molecular complexity index is 403. The van der Waals surface area contributed by atoms with Crippen molar-refractivity contribution in [3.8, 4) is 0 Å². The molecule has 0 unspecified atom stereocenters. The Labute approximate surface area is 90.3 Å². The van der Waals surface area contributed by atoms with E-state index in [4.69, 9.17) is 0 Å². The monoisotopic (exact) mass is 200 g/mol. The van der Waals surface area contributed by atoms with Crippen molar-refractivity contribution in [3.63, 3.8) is 0 Å². The van der Waals surface area contributed by atoms with E-state index in [9.17, 15) is 0 Å². The average Bonchev–Trinajstić information content (AvgIpc) is 2.75. The molecule has 15 heavy (non-hydrogen) atoms. The normalized spacial score (nSPS) is 10.5. The number of hydrogen-bond acceptors (Lipinski definition) is 1. The number of aromatic nitrogens is 2. The second kappa shape index (κ2) is 4.78. The minimum absolute atomic E-state index is 1.03. The highest BCUT2D eigenvalue weighted by molar-refractivity contribution is 5.20. The summed E-state index contributed by atoms with van der Waals surface area (Å²) in [7, 11) is 0. The standard InChI is InChI=1S/C13H16N2/c1-2-13-12(10-14-15-13)9-8-11-6-4-3-5-7-11/h3-7,10H,2,8-9H2,1H3,(H,14,15). The maximum Gasteiger partial charge on any atom is 0.0522 e. The number of H-pyrrole nitrogens is 1. The zero-order chi connectivity index (χ0) is 10.5. The predicted octanol–water partition coefficient (Wildman–Crippen LogP) is 2.76. The van der Waals surface area contributed by atoms with Gasteiger partial charge in [-0.2, -0.15) is 5.10 Å². The largest absolute Gasteiger partial charge is 0.282 e. The molecule has 2 aromatic rings. The summed E-state index contributed by atoms with van der Waals surface area (Å²) in [6, 6.07) is 10.6. The van der Waals surface area contributed by atoms with Crippen LogP contribution in [0.3, 0.4) is 0 Å². The molecule has 0 spiro atoms. The Morgan fingerprint density at radius 2 is 1.93 bits per heavy atom.